The minimum atomic E-state index is -0.102. The quantitative estimate of drug-likeness (QED) is 0.531. The Balaban J connectivity index is 1.92. The average molecular weight is 408 g/mol. The van der Waals surface area contributed by atoms with Gasteiger partial charge in [0.25, 0.3) is 5.91 Å². The third-order valence-corrected chi connectivity index (χ3v) is 5.82. The minimum Gasteiger partial charge on any atom is -0.493 e. The van der Waals surface area contributed by atoms with Gasteiger partial charge in [-0.3, -0.25) is 4.79 Å². The van der Waals surface area contributed by atoms with Crippen molar-refractivity contribution in [3.8, 4) is 11.5 Å². The Morgan fingerprint density at radius 1 is 1.04 bits per heavy atom. The molecule has 2 aromatic heterocycles. The molecule has 136 valence electrons. The molecule has 0 saturated heterocycles. The highest BCUT2D eigenvalue weighted by Crippen LogP contribution is 2.36. The van der Waals surface area contributed by atoms with Crippen LogP contribution in [0.5, 0.6) is 11.5 Å². The van der Waals surface area contributed by atoms with Gasteiger partial charge < -0.3 is 14.4 Å². The van der Waals surface area contributed by atoms with Crippen molar-refractivity contribution in [2.45, 2.75) is 13.1 Å². The Labute approximate surface area is 165 Å². The smallest absolute Gasteiger partial charge is 0.254 e. The number of ether oxygens (including phenoxy) is 2. The van der Waals surface area contributed by atoms with Crippen molar-refractivity contribution < 1.29 is 14.3 Å². The van der Waals surface area contributed by atoms with Gasteiger partial charge in [0, 0.05) is 15.3 Å². The molecule has 26 heavy (non-hydrogen) atoms. The molecule has 1 aromatic carbocycles. The van der Waals surface area contributed by atoms with E-state index in [-0.39, 0.29) is 5.91 Å². The fourth-order valence-corrected chi connectivity index (χ4v) is 4.33. The van der Waals surface area contributed by atoms with Crippen molar-refractivity contribution in [2.75, 3.05) is 14.2 Å². The van der Waals surface area contributed by atoms with Crippen LogP contribution in [0.4, 0.5) is 0 Å². The number of benzene rings is 1. The first-order chi connectivity index (χ1) is 12.6. The molecule has 7 heteroatoms. The van der Waals surface area contributed by atoms with E-state index in [2.05, 4.69) is 0 Å². The van der Waals surface area contributed by atoms with Crippen molar-refractivity contribution in [1.82, 2.24) is 4.90 Å². The van der Waals surface area contributed by atoms with Gasteiger partial charge in [-0.2, -0.15) is 0 Å². The van der Waals surface area contributed by atoms with Crippen molar-refractivity contribution in [3.05, 3.63) is 67.5 Å². The Kier molecular flexibility index (Phi) is 6.19. The van der Waals surface area contributed by atoms with E-state index in [4.69, 9.17) is 21.1 Å². The fourth-order valence-electron chi connectivity index (χ4n) is 2.60. The van der Waals surface area contributed by atoms with E-state index in [0.29, 0.717) is 35.2 Å². The SMILES string of the molecule is COc1cc(C(=O)N(Cc2cccs2)Cc2cccs2)cc(Cl)c1OC. The van der Waals surface area contributed by atoms with Crippen LogP contribution >= 0.6 is 34.3 Å². The van der Waals surface area contributed by atoms with Gasteiger partial charge in [0.05, 0.1) is 32.3 Å². The molecule has 0 unspecified atom stereocenters. The second kappa shape index (κ2) is 8.58. The van der Waals surface area contributed by atoms with Crippen LogP contribution in [0.2, 0.25) is 5.02 Å². The highest BCUT2D eigenvalue weighted by atomic mass is 35.5. The second-order valence-electron chi connectivity index (χ2n) is 5.51. The van der Waals surface area contributed by atoms with Gasteiger partial charge in [0.2, 0.25) is 0 Å². The average Bonchev–Trinajstić information content (AvgIpc) is 3.33. The molecule has 4 nitrogen and oxygen atoms in total. The summed E-state index contributed by atoms with van der Waals surface area (Å²) in [4.78, 5) is 17.3. The van der Waals surface area contributed by atoms with Gasteiger partial charge in [-0.25, -0.2) is 0 Å². The molecule has 0 spiro atoms. The molecule has 0 bridgehead atoms. The highest BCUT2D eigenvalue weighted by Gasteiger charge is 2.21. The number of hydrogen-bond acceptors (Lipinski definition) is 5. The van der Waals surface area contributed by atoms with Gasteiger partial charge in [-0.05, 0) is 35.0 Å². The summed E-state index contributed by atoms with van der Waals surface area (Å²) in [5, 5.41) is 4.37. The molecular formula is C19H18ClNO3S2. The van der Waals surface area contributed by atoms with Crippen LogP contribution in [0.25, 0.3) is 0 Å². The van der Waals surface area contributed by atoms with Crippen molar-refractivity contribution >= 4 is 40.2 Å². The number of amides is 1. The molecular weight excluding hydrogens is 390 g/mol. The Hall–Kier alpha value is -2.02. The van der Waals surface area contributed by atoms with E-state index >= 15 is 0 Å². The monoisotopic (exact) mass is 407 g/mol. The van der Waals surface area contributed by atoms with Crippen LogP contribution in [0.3, 0.4) is 0 Å². The molecule has 2 heterocycles. The van der Waals surface area contributed by atoms with Gasteiger partial charge in [-0.15, -0.1) is 22.7 Å². The first kappa shape index (κ1) is 18.8. The van der Waals surface area contributed by atoms with Crippen LogP contribution in [0.1, 0.15) is 20.1 Å². The summed E-state index contributed by atoms with van der Waals surface area (Å²) < 4.78 is 10.6. The van der Waals surface area contributed by atoms with E-state index < -0.39 is 0 Å². The predicted octanol–water partition coefficient (Wildman–Crippen LogP) is 5.32. The summed E-state index contributed by atoms with van der Waals surface area (Å²) in [6.45, 7) is 1.08. The number of carbonyl (C=O) groups is 1. The minimum absolute atomic E-state index is 0.102. The van der Waals surface area contributed by atoms with Crippen molar-refractivity contribution in [3.63, 3.8) is 0 Å². The highest BCUT2D eigenvalue weighted by molar-refractivity contribution is 7.10. The number of halogens is 1. The predicted molar refractivity (Wildman–Crippen MR) is 107 cm³/mol. The summed E-state index contributed by atoms with van der Waals surface area (Å²) in [7, 11) is 3.04. The molecule has 3 aromatic rings. The number of thiophene rings is 2. The maximum Gasteiger partial charge on any atom is 0.254 e. The third kappa shape index (κ3) is 4.20. The zero-order chi connectivity index (χ0) is 18.5. The van der Waals surface area contributed by atoms with Crippen molar-refractivity contribution in [1.29, 1.82) is 0 Å². The second-order valence-corrected chi connectivity index (χ2v) is 7.99. The molecule has 3 rings (SSSR count). The van der Waals surface area contributed by atoms with Crippen LogP contribution in [-0.4, -0.2) is 25.0 Å². The maximum absolute atomic E-state index is 13.2. The Bertz CT molecular complexity index is 827. The molecule has 0 fully saturated rings. The maximum atomic E-state index is 13.2. The number of carbonyl (C=O) groups excluding carboxylic acids is 1. The van der Waals surface area contributed by atoms with E-state index in [1.807, 2.05) is 39.9 Å². The molecule has 0 radical (unpaired) electrons. The topological polar surface area (TPSA) is 38.8 Å². The first-order valence-electron chi connectivity index (χ1n) is 7.88. The van der Waals surface area contributed by atoms with Gasteiger partial charge in [-0.1, -0.05) is 23.7 Å². The number of hydrogen-bond donors (Lipinski definition) is 0. The van der Waals surface area contributed by atoms with Gasteiger partial charge in [0.1, 0.15) is 0 Å². The van der Waals surface area contributed by atoms with E-state index in [9.17, 15) is 4.79 Å². The molecule has 0 saturated carbocycles. The summed E-state index contributed by atoms with van der Waals surface area (Å²) >= 11 is 9.54. The van der Waals surface area contributed by atoms with Crippen molar-refractivity contribution in [2.24, 2.45) is 0 Å². The number of nitrogens with zero attached hydrogens (tertiary/aromatic N) is 1. The van der Waals surface area contributed by atoms with Crippen LogP contribution in [-0.2, 0) is 13.1 Å². The largest absolute Gasteiger partial charge is 0.493 e. The Morgan fingerprint density at radius 3 is 2.12 bits per heavy atom. The lowest BCUT2D eigenvalue weighted by atomic mass is 10.1. The molecule has 1 amide bonds. The lowest BCUT2D eigenvalue weighted by molar-refractivity contribution is 0.0733. The lowest BCUT2D eigenvalue weighted by Gasteiger charge is -2.22. The molecule has 0 aliphatic carbocycles. The standard InChI is InChI=1S/C19H18ClNO3S2/c1-23-17-10-13(9-16(20)18(17)24-2)19(22)21(11-14-5-3-7-25-14)12-15-6-4-8-26-15/h3-10H,11-12H2,1-2H3. The number of methoxy groups -OCH3 is 2. The van der Waals surface area contributed by atoms with E-state index in [0.717, 1.165) is 9.75 Å². The van der Waals surface area contributed by atoms with Gasteiger partial charge >= 0.3 is 0 Å². The Morgan fingerprint density at radius 2 is 1.65 bits per heavy atom. The number of rotatable bonds is 7. The summed E-state index contributed by atoms with van der Waals surface area (Å²) in [5.74, 6) is 0.763. The molecule has 0 aliphatic heterocycles. The van der Waals surface area contributed by atoms with Crippen LogP contribution < -0.4 is 9.47 Å². The first-order valence-corrected chi connectivity index (χ1v) is 10.0. The summed E-state index contributed by atoms with van der Waals surface area (Å²) in [6.07, 6.45) is 0. The van der Waals surface area contributed by atoms with E-state index in [1.54, 1.807) is 34.8 Å². The molecule has 0 N–H and O–H groups in total. The molecule has 0 atom stereocenters. The van der Waals surface area contributed by atoms with Crippen LogP contribution in [0.15, 0.2) is 47.2 Å². The fraction of sp³-hybridized carbons (Fsp3) is 0.211. The van der Waals surface area contributed by atoms with Crippen LogP contribution in [0, 0.1) is 0 Å². The zero-order valence-electron chi connectivity index (χ0n) is 14.4. The summed E-state index contributed by atoms with van der Waals surface area (Å²) in [5.41, 5.74) is 0.473. The van der Waals surface area contributed by atoms with E-state index in [1.165, 1.54) is 14.2 Å². The van der Waals surface area contributed by atoms with Gasteiger partial charge in [0.15, 0.2) is 11.5 Å². The summed E-state index contributed by atoms with van der Waals surface area (Å²) in [6, 6.07) is 11.3. The lowest BCUT2D eigenvalue weighted by Crippen LogP contribution is -2.29. The zero-order valence-corrected chi connectivity index (χ0v) is 16.8. The normalized spacial score (nSPS) is 10.6. The molecule has 0 aliphatic rings. The third-order valence-electron chi connectivity index (χ3n) is 3.82.